The van der Waals surface area contributed by atoms with Crippen LogP contribution in [0.1, 0.15) is 39.5 Å². The second-order valence-corrected chi connectivity index (χ2v) is 46.3. The molecule has 0 aromatic heterocycles. The van der Waals surface area contributed by atoms with Gasteiger partial charge in [-0.1, -0.05) is 0 Å². The number of hydrogen-bond acceptors (Lipinski definition) is 1. The molecule has 0 aromatic carbocycles. The zero-order chi connectivity index (χ0) is 10.8. The molecule has 0 amide bonds. The zero-order valence-corrected chi connectivity index (χ0v) is 15.6. The van der Waals surface area contributed by atoms with Crippen LogP contribution in [0.25, 0.3) is 0 Å². The van der Waals surface area contributed by atoms with Crippen LogP contribution >= 0.6 is 38.3 Å². The first kappa shape index (κ1) is 14.3. The third-order valence-corrected chi connectivity index (χ3v) is 15.6. The van der Waals surface area contributed by atoms with Crippen molar-refractivity contribution in [2.75, 3.05) is 0 Å². The number of rotatable bonds is 3. The van der Waals surface area contributed by atoms with E-state index in [1.807, 2.05) is 0 Å². The number of hydrogen-bond donors (Lipinski definition) is 0. The standard InChI is InChI=1S/C9H17Br3OTe/c1-7(2)13-8-5-3-4-6-9(8)14(10,11)12/h7-9H,3-6H2,1-2H3/t8-,9-/m1/s1. The van der Waals surface area contributed by atoms with E-state index in [0.29, 0.717) is 16.2 Å². The second-order valence-electron chi connectivity index (χ2n) is 3.99. The van der Waals surface area contributed by atoms with Gasteiger partial charge in [0.05, 0.1) is 0 Å². The Morgan fingerprint density at radius 1 is 1.14 bits per heavy atom. The maximum atomic E-state index is 5.99. The van der Waals surface area contributed by atoms with Gasteiger partial charge in [0, 0.05) is 0 Å². The molecule has 14 heavy (non-hydrogen) atoms. The summed E-state index contributed by atoms with van der Waals surface area (Å²) >= 11 is 9.35. The van der Waals surface area contributed by atoms with Crippen LogP contribution in [0.5, 0.6) is 0 Å². The third kappa shape index (κ3) is 4.59. The van der Waals surface area contributed by atoms with E-state index < -0.39 is 11.6 Å². The fraction of sp³-hybridized carbons (Fsp3) is 1.00. The SMILES string of the molecule is CC(C)O[C@@H]1CCCC[C@H]1[Te](Br)(Br)Br. The van der Waals surface area contributed by atoms with Crippen LogP contribution in [-0.4, -0.2) is 23.8 Å². The molecule has 0 N–H and O–H groups in total. The van der Waals surface area contributed by atoms with E-state index in [9.17, 15) is 0 Å². The Balaban J connectivity index is 2.59. The molecule has 1 aliphatic carbocycles. The fourth-order valence-corrected chi connectivity index (χ4v) is 13.3. The Morgan fingerprint density at radius 3 is 2.21 bits per heavy atom. The van der Waals surface area contributed by atoms with Gasteiger partial charge in [0.15, 0.2) is 0 Å². The van der Waals surface area contributed by atoms with Gasteiger partial charge in [-0.3, -0.25) is 0 Å². The van der Waals surface area contributed by atoms with Crippen molar-refractivity contribution in [3.8, 4) is 0 Å². The maximum absolute atomic E-state index is 5.99. The molecule has 0 aromatic rings. The first-order valence-corrected chi connectivity index (χ1v) is 22.0. The van der Waals surface area contributed by atoms with Gasteiger partial charge in [-0.15, -0.1) is 0 Å². The van der Waals surface area contributed by atoms with Crippen molar-refractivity contribution in [1.82, 2.24) is 0 Å². The number of ether oxygens (including phenoxy) is 1. The Labute approximate surface area is 109 Å². The van der Waals surface area contributed by atoms with E-state index in [1.54, 1.807) is 0 Å². The predicted molar refractivity (Wildman–Crippen MR) is 74.8 cm³/mol. The van der Waals surface area contributed by atoms with Crippen LogP contribution in [0, 0.1) is 0 Å². The third-order valence-electron chi connectivity index (χ3n) is 2.43. The molecule has 1 aliphatic rings. The molecule has 0 radical (unpaired) electrons. The van der Waals surface area contributed by atoms with Gasteiger partial charge >= 0.3 is 110 Å². The van der Waals surface area contributed by atoms with Crippen LogP contribution in [0.4, 0.5) is 0 Å². The molecular formula is C9H17Br3OTe. The quantitative estimate of drug-likeness (QED) is 0.496. The predicted octanol–water partition coefficient (Wildman–Crippen LogP) is 4.85. The van der Waals surface area contributed by atoms with Crippen LogP contribution < -0.4 is 0 Å². The first-order chi connectivity index (χ1) is 6.41. The summed E-state index contributed by atoms with van der Waals surface area (Å²) in [7, 11) is 0. The average molecular weight is 509 g/mol. The number of halogens is 3. The minimum absolute atomic E-state index is 0.346. The molecule has 5 heteroatoms. The molecule has 0 spiro atoms. The summed E-state index contributed by atoms with van der Waals surface area (Å²) in [5.41, 5.74) is 0. The molecule has 1 nitrogen and oxygen atoms in total. The molecule has 0 heterocycles. The summed E-state index contributed by atoms with van der Waals surface area (Å²) in [6.07, 6.45) is 5.97. The Hall–Kier alpha value is 2.19. The van der Waals surface area contributed by atoms with E-state index in [-0.39, 0.29) is 0 Å². The van der Waals surface area contributed by atoms with Gasteiger partial charge in [0.25, 0.3) is 0 Å². The summed E-state index contributed by atoms with van der Waals surface area (Å²) in [6.45, 7) is 4.24. The van der Waals surface area contributed by atoms with Crippen LogP contribution in [0.3, 0.4) is 0 Å². The molecular weight excluding hydrogens is 491 g/mol. The van der Waals surface area contributed by atoms with Gasteiger partial charge in [-0.05, 0) is 0 Å². The van der Waals surface area contributed by atoms with Crippen molar-refractivity contribution in [2.24, 2.45) is 0 Å². The molecule has 86 valence electrons. The second kappa shape index (κ2) is 6.21. The normalized spacial score (nSPS) is 30.7. The van der Waals surface area contributed by atoms with Gasteiger partial charge in [0.2, 0.25) is 0 Å². The van der Waals surface area contributed by atoms with Gasteiger partial charge in [-0.25, -0.2) is 0 Å². The van der Waals surface area contributed by atoms with Crippen molar-refractivity contribution in [3.63, 3.8) is 0 Å². The van der Waals surface area contributed by atoms with Crippen LogP contribution in [0.2, 0.25) is 3.97 Å². The van der Waals surface area contributed by atoms with Crippen molar-refractivity contribution in [1.29, 1.82) is 0 Å². The molecule has 2 atom stereocenters. The monoisotopic (exact) mass is 508 g/mol. The summed E-state index contributed by atoms with van der Waals surface area (Å²) in [5, 5.41) is 0. The molecule has 0 aliphatic heterocycles. The average Bonchev–Trinajstić information content (AvgIpc) is 2.01. The summed E-state index contributed by atoms with van der Waals surface area (Å²) in [5.74, 6) is 0. The molecule has 0 saturated heterocycles. The van der Waals surface area contributed by atoms with Gasteiger partial charge in [0.1, 0.15) is 0 Å². The summed E-state index contributed by atoms with van der Waals surface area (Å²) < 4.78 is 6.68. The van der Waals surface area contributed by atoms with Gasteiger partial charge < -0.3 is 0 Å². The summed E-state index contributed by atoms with van der Waals surface area (Å²) in [4.78, 5) is 0. The van der Waals surface area contributed by atoms with E-state index >= 15 is 0 Å². The van der Waals surface area contributed by atoms with Crippen molar-refractivity contribution < 1.29 is 4.74 Å². The molecule has 1 saturated carbocycles. The van der Waals surface area contributed by atoms with E-state index in [1.165, 1.54) is 25.7 Å². The first-order valence-electron chi connectivity index (χ1n) is 4.97. The van der Waals surface area contributed by atoms with Crippen LogP contribution in [-0.2, 0) is 4.74 Å². The minimum atomic E-state index is -2.09. The van der Waals surface area contributed by atoms with E-state index in [0.717, 1.165) is 0 Å². The molecule has 0 bridgehead atoms. The molecule has 1 fully saturated rings. The van der Waals surface area contributed by atoms with Crippen LogP contribution in [0.15, 0.2) is 0 Å². The van der Waals surface area contributed by atoms with E-state index in [2.05, 4.69) is 52.1 Å². The Bertz CT molecular complexity index is 181. The van der Waals surface area contributed by atoms with Crippen molar-refractivity contribution in [2.45, 2.75) is 55.7 Å². The van der Waals surface area contributed by atoms with Crippen molar-refractivity contribution in [3.05, 3.63) is 0 Å². The molecule has 0 unspecified atom stereocenters. The van der Waals surface area contributed by atoms with Crippen molar-refractivity contribution >= 4 is 49.8 Å². The summed E-state index contributed by atoms with van der Waals surface area (Å²) in [6, 6.07) is 0. The van der Waals surface area contributed by atoms with E-state index in [4.69, 9.17) is 4.74 Å². The zero-order valence-electron chi connectivity index (χ0n) is 8.51. The topological polar surface area (TPSA) is 9.23 Å². The Morgan fingerprint density at radius 2 is 1.71 bits per heavy atom. The fourth-order valence-electron chi connectivity index (χ4n) is 1.87. The Kier molecular flexibility index (Phi) is 6.32. The van der Waals surface area contributed by atoms with Gasteiger partial charge in [-0.2, -0.15) is 0 Å². The molecule has 1 rings (SSSR count).